The van der Waals surface area contributed by atoms with Gasteiger partial charge in [-0.25, -0.2) is 0 Å². The predicted molar refractivity (Wildman–Crippen MR) is 54.1 cm³/mol. The van der Waals surface area contributed by atoms with Crippen LogP contribution in [0.4, 0.5) is 0 Å². The Kier molecular flexibility index (Phi) is 1.70. The number of Topliss-reactive ketones (excluding diaryl/α,β-unsaturated/α-hetero) is 1. The summed E-state index contributed by atoms with van der Waals surface area (Å²) in [5, 5.41) is 0. The Bertz CT molecular complexity index is 344. The highest BCUT2D eigenvalue weighted by atomic mass is 16.3. The lowest BCUT2D eigenvalue weighted by molar-refractivity contribution is 0.0917. The largest absolute Gasteiger partial charge is 0.461 e. The van der Waals surface area contributed by atoms with Crippen molar-refractivity contribution in [2.24, 2.45) is 16.7 Å². The van der Waals surface area contributed by atoms with Crippen LogP contribution < -0.4 is 0 Å². The minimum atomic E-state index is 0.0941. The molecule has 0 atom stereocenters. The Morgan fingerprint density at radius 2 is 1.86 bits per heavy atom. The molecule has 2 nitrogen and oxygen atoms in total. The molecule has 1 aliphatic rings. The van der Waals surface area contributed by atoms with E-state index in [0.29, 0.717) is 5.76 Å². The highest BCUT2D eigenvalue weighted by Gasteiger charge is 2.68. The Labute approximate surface area is 84.3 Å². The standard InChI is InChI=1S/C12H16O2/c1-11(2)10(12(11,3)4)9(13)8-6-5-7-14-8/h5-7,10H,1-4H3. The maximum absolute atomic E-state index is 12.0. The highest BCUT2D eigenvalue weighted by molar-refractivity contribution is 5.98. The molecule has 0 unspecified atom stereocenters. The maximum Gasteiger partial charge on any atom is 0.202 e. The van der Waals surface area contributed by atoms with Gasteiger partial charge < -0.3 is 4.42 Å². The second kappa shape index (κ2) is 2.50. The molecule has 0 saturated heterocycles. The quantitative estimate of drug-likeness (QED) is 0.674. The van der Waals surface area contributed by atoms with Crippen molar-refractivity contribution < 1.29 is 9.21 Å². The number of carbonyl (C=O) groups excluding carboxylic acids is 1. The van der Waals surface area contributed by atoms with E-state index in [-0.39, 0.29) is 22.5 Å². The molecule has 0 bridgehead atoms. The van der Waals surface area contributed by atoms with Gasteiger partial charge in [-0.05, 0) is 23.0 Å². The van der Waals surface area contributed by atoms with E-state index < -0.39 is 0 Å². The minimum Gasteiger partial charge on any atom is -0.461 e. The number of ketones is 1. The zero-order valence-electron chi connectivity index (χ0n) is 9.13. The Balaban J connectivity index is 2.25. The molecule has 0 radical (unpaired) electrons. The normalized spacial score (nSPS) is 23.4. The van der Waals surface area contributed by atoms with E-state index in [4.69, 9.17) is 4.42 Å². The van der Waals surface area contributed by atoms with Gasteiger partial charge in [0.25, 0.3) is 0 Å². The van der Waals surface area contributed by atoms with Crippen molar-refractivity contribution >= 4 is 5.78 Å². The van der Waals surface area contributed by atoms with Gasteiger partial charge in [-0.3, -0.25) is 4.79 Å². The summed E-state index contributed by atoms with van der Waals surface area (Å²) in [4.78, 5) is 12.0. The van der Waals surface area contributed by atoms with Crippen molar-refractivity contribution in [2.75, 3.05) is 0 Å². The van der Waals surface area contributed by atoms with Gasteiger partial charge in [0.1, 0.15) is 0 Å². The topological polar surface area (TPSA) is 30.2 Å². The fourth-order valence-corrected chi connectivity index (χ4v) is 2.41. The smallest absolute Gasteiger partial charge is 0.202 e. The molecule has 0 N–H and O–H groups in total. The van der Waals surface area contributed by atoms with Crippen LogP contribution in [0.1, 0.15) is 38.2 Å². The molecule has 14 heavy (non-hydrogen) atoms. The second-order valence-corrected chi connectivity index (χ2v) is 5.22. The van der Waals surface area contributed by atoms with Crippen LogP contribution in [0.15, 0.2) is 22.8 Å². The first-order valence-electron chi connectivity index (χ1n) is 4.97. The van der Waals surface area contributed by atoms with Gasteiger partial charge in [0.05, 0.1) is 6.26 Å². The van der Waals surface area contributed by atoms with Crippen molar-refractivity contribution in [1.82, 2.24) is 0 Å². The van der Waals surface area contributed by atoms with Crippen LogP contribution in [-0.4, -0.2) is 5.78 Å². The molecule has 1 fully saturated rings. The van der Waals surface area contributed by atoms with Crippen molar-refractivity contribution in [1.29, 1.82) is 0 Å². The van der Waals surface area contributed by atoms with Gasteiger partial charge in [-0.1, -0.05) is 27.7 Å². The molecule has 0 aliphatic heterocycles. The molecular formula is C12H16O2. The van der Waals surface area contributed by atoms with Gasteiger partial charge in [0, 0.05) is 5.92 Å². The van der Waals surface area contributed by atoms with Crippen LogP contribution in [-0.2, 0) is 0 Å². The molecule has 1 aliphatic carbocycles. The van der Waals surface area contributed by atoms with Gasteiger partial charge in [-0.2, -0.15) is 0 Å². The molecule has 1 aromatic rings. The van der Waals surface area contributed by atoms with Crippen LogP contribution >= 0.6 is 0 Å². The predicted octanol–water partition coefficient (Wildman–Crippen LogP) is 3.14. The third kappa shape index (κ3) is 0.999. The average molecular weight is 192 g/mol. The van der Waals surface area contributed by atoms with E-state index in [2.05, 4.69) is 27.7 Å². The summed E-state index contributed by atoms with van der Waals surface area (Å²) < 4.78 is 5.13. The zero-order chi connectivity index (χ0) is 10.6. The average Bonchev–Trinajstić information content (AvgIpc) is 2.53. The van der Waals surface area contributed by atoms with Crippen LogP contribution in [0.5, 0.6) is 0 Å². The summed E-state index contributed by atoms with van der Waals surface area (Å²) in [6.45, 7) is 8.55. The molecule has 2 rings (SSSR count). The number of furan rings is 1. The fourth-order valence-electron chi connectivity index (χ4n) is 2.41. The first-order valence-corrected chi connectivity index (χ1v) is 4.97. The summed E-state index contributed by atoms with van der Waals surface area (Å²) in [5.74, 6) is 0.736. The third-order valence-corrected chi connectivity index (χ3v) is 4.05. The first kappa shape index (κ1) is 9.50. The van der Waals surface area contributed by atoms with Gasteiger partial charge in [-0.15, -0.1) is 0 Å². The lowest BCUT2D eigenvalue weighted by Crippen LogP contribution is -2.05. The van der Waals surface area contributed by atoms with Crippen LogP contribution in [0.3, 0.4) is 0 Å². The Morgan fingerprint density at radius 1 is 1.29 bits per heavy atom. The molecule has 1 saturated carbocycles. The highest BCUT2D eigenvalue weighted by Crippen LogP contribution is 2.69. The van der Waals surface area contributed by atoms with Crippen molar-refractivity contribution in [3.63, 3.8) is 0 Å². The van der Waals surface area contributed by atoms with Crippen LogP contribution in [0, 0.1) is 16.7 Å². The first-order chi connectivity index (χ1) is 6.39. The number of rotatable bonds is 2. The molecule has 1 aromatic heterocycles. The number of hydrogen-bond acceptors (Lipinski definition) is 2. The SMILES string of the molecule is CC1(C)C(C(=O)c2ccco2)C1(C)C. The molecule has 0 amide bonds. The monoisotopic (exact) mass is 192 g/mol. The van der Waals surface area contributed by atoms with E-state index in [9.17, 15) is 4.79 Å². The lowest BCUT2D eigenvalue weighted by atomic mass is 10.0. The molecule has 0 aromatic carbocycles. The Hall–Kier alpha value is -1.05. The van der Waals surface area contributed by atoms with Gasteiger partial charge in [0.15, 0.2) is 5.76 Å². The Morgan fingerprint density at radius 3 is 2.21 bits per heavy atom. The zero-order valence-corrected chi connectivity index (χ0v) is 9.13. The van der Waals surface area contributed by atoms with E-state index in [0.717, 1.165) is 0 Å². The summed E-state index contributed by atoms with van der Waals surface area (Å²) in [5.41, 5.74) is 0.188. The summed E-state index contributed by atoms with van der Waals surface area (Å²) in [7, 11) is 0. The molecule has 0 spiro atoms. The van der Waals surface area contributed by atoms with E-state index >= 15 is 0 Å². The molecule has 1 heterocycles. The van der Waals surface area contributed by atoms with Gasteiger partial charge >= 0.3 is 0 Å². The second-order valence-electron chi connectivity index (χ2n) is 5.22. The fraction of sp³-hybridized carbons (Fsp3) is 0.583. The van der Waals surface area contributed by atoms with E-state index in [1.54, 1.807) is 18.4 Å². The number of carbonyl (C=O) groups is 1. The minimum absolute atomic E-state index is 0.0941. The summed E-state index contributed by atoms with van der Waals surface area (Å²) >= 11 is 0. The number of hydrogen-bond donors (Lipinski definition) is 0. The summed E-state index contributed by atoms with van der Waals surface area (Å²) in [6, 6.07) is 3.50. The van der Waals surface area contributed by atoms with Crippen molar-refractivity contribution in [3.8, 4) is 0 Å². The lowest BCUT2D eigenvalue weighted by Gasteiger charge is -2.03. The van der Waals surface area contributed by atoms with Crippen molar-refractivity contribution in [2.45, 2.75) is 27.7 Å². The molecule has 2 heteroatoms. The molecule has 76 valence electrons. The van der Waals surface area contributed by atoms with E-state index in [1.165, 1.54) is 0 Å². The maximum atomic E-state index is 12.0. The van der Waals surface area contributed by atoms with Crippen LogP contribution in [0.25, 0.3) is 0 Å². The van der Waals surface area contributed by atoms with Gasteiger partial charge in [0.2, 0.25) is 5.78 Å². The van der Waals surface area contributed by atoms with E-state index in [1.807, 2.05) is 0 Å². The molecular weight excluding hydrogens is 176 g/mol. The third-order valence-electron chi connectivity index (χ3n) is 4.05. The van der Waals surface area contributed by atoms with Crippen molar-refractivity contribution in [3.05, 3.63) is 24.2 Å². The van der Waals surface area contributed by atoms with Crippen LogP contribution in [0.2, 0.25) is 0 Å². The summed E-state index contributed by atoms with van der Waals surface area (Å²) in [6.07, 6.45) is 1.55.